The summed E-state index contributed by atoms with van der Waals surface area (Å²) in [6.07, 6.45) is 2.10. The Bertz CT molecular complexity index is 1010. The second kappa shape index (κ2) is 5.46. The summed E-state index contributed by atoms with van der Waals surface area (Å²) < 4.78 is 42.2. The van der Waals surface area contributed by atoms with Gasteiger partial charge >= 0.3 is 10.2 Å². The molecular weight excluding hydrogens is 341 g/mol. The van der Waals surface area contributed by atoms with Gasteiger partial charge in [0.15, 0.2) is 0 Å². The average molecular weight is 357 g/mol. The van der Waals surface area contributed by atoms with Crippen molar-refractivity contribution in [2.45, 2.75) is 12.8 Å². The van der Waals surface area contributed by atoms with Gasteiger partial charge in [-0.15, -0.1) is 0 Å². The lowest BCUT2D eigenvalue weighted by atomic mass is 10.0. The molecule has 0 aromatic heterocycles. The van der Waals surface area contributed by atoms with Gasteiger partial charge in [-0.3, -0.25) is 8.61 Å². The predicted molar refractivity (Wildman–Crippen MR) is 93.9 cm³/mol. The number of hydrogen-bond acceptors (Lipinski definition) is 3. The lowest BCUT2D eigenvalue weighted by Crippen LogP contribution is -2.36. The first-order valence-electron chi connectivity index (χ1n) is 8.02. The van der Waals surface area contributed by atoms with E-state index in [1.54, 1.807) is 18.2 Å². The van der Waals surface area contributed by atoms with Crippen molar-refractivity contribution in [3.8, 4) is 17.2 Å². The molecule has 5 nitrogen and oxygen atoms in total. The lowest BCUT2D eigenvalue weighted by Gasteiger charge is -2.18. The minimum atomic E-state index is -3.58. The standard InChI is InChI=1S/C18H16FN3O2S/c1-21-18-9-14(15-8-13(10-20)4-6-16(15)19)5-7-17(18)22(25(21,23)24)11-12-2-3-12/h4-9,12H,2-3,11H2,1H3. The number of nitrogens with zero attached hydrogens (tertiary/aromatic N) is 3. The number of nitriles is 1. The Labute approximate surface area is 146 Å². The van der Waals surface area contributed by atoms with Crippen LogP contribution in [0.3, 0.4) is 0 Å². The van der Waals surface area contributed by atoms with E-state index >= 15 is 0 Å². The Morgan fingerprint density at radius 1 is 1.20 bits per heavy atom. The fourth-order valence-electron chi connectivity index (χ4n) is 3.09. The van der Waals surface area contributed by atoms with Crippen LogP contribution in [0.5, 0.6) is 0 Å². The van der Waals surface area contributed by atoms with E-state index in [4.69, 9.17) is 5.26 Å². The number of hydrogen-bond donors (Lipinski definition) is 0. The lowest BCUT2D eigenvalue weighted by molar-refractivity contribution is 0.590. The zero-order valence-corrected chi connectivity index (χ0v) is 14.4. The summed E-state index contributed by atoms with van der Waals surface area (Å²) in [6, 6.07) is 11.2. The SMILES string of the molecule is CN1c2cc(-c3cc(C#N)ccc3F)ccc2N(CC2CC2)S1(=O)=O. The van der Waals surface area contributed by atoms with Crippen LogP contribution in [0.4, 0.5) is 15.8 Å². The first-order chi connectivity index (χ1) is 11.9. The van der Waals surface area contributed by atoms with Crippen molar-refractivity contribution < 1.29 is 12.8 Å². The topological polar surface area (TPSA) is 64.4 Å². The number of halogens is 1. The summed E-state index contributed by atoms with van der Waals surface area (Å²) in [4.78, 5) is 0. The molecule has 1 aliphatic carbocycles. The Morgan fingerprint density at radius 2 is 1.96 bits per heavy atom. The van der Waals surface area contributed by atoms with Crippen molar-refractivity contribution in [3.63, 3.8) is 0 Å². The van der Waals surface area contributed by atoms with E-state index < -0.39 is 16.0 Å². The number of benzene rings is 2. The van der Waals surface area contributed by atoms with Crippen molar-refractivity contribution in [2.75, 3.05) is 22.2 Å². The van der Waals surface area contributed by atoms with Crippen molar-refractivity contribution in [2.24, 2.45) is 5.92 Å². The third-order valence-corrected chi connectivity index (χ3v) is 6.53. The van der Waals surface area contributed by atoms with Crippen LogP contribution in [-0.4, -0.2) is 22.0 Å². The summed E-state index contributed by atoms with van der Waals surface area (Å²) >= 11 is 0. The Hall–Kier alpha value is -2.59. The van der Waals surface area contributed by atoms with Gasteiger partial charge in [0, 0.05) is 19.2 Å². The average Bonchev–Trinajstić information content (AvgIpc) is 3.40. The summed E-state index contributed by atoms with van der Waals surface area (Å²) in [6.45, 7) is 0.483. The summed E-state index contributed by atoms with van der Waals surface area (Å²) in [5, 5.41) is 9.02. The third-order valence-electron chi connectivity index (χ3n) is 4.74. The van der Waals surface area contributed by atoms with E-state index in [1.165, 1.54) is 33.9 Å². The second-order valence-electron chi connectivity index (χ2n) is 6.46. The maximum absolute atomic E-state index is 14.2. The normalized spacial score (nSPS) is 18.1. The molecule has 2 aromatic rings. The molecule has 0 N–H and O–H groups in total. The minimum Gasteiger partial charge on any atom is -0.254 e. The quantitative estimate of drug-likeness (QED) is 0.847. The molecule has 1 saturated carbocycles. The molecule has 25 heavy (non-hydrogen) atoms. The van der Waals surface area contributed by atoms with Gasteiger partial charge in [-0.25, -0.2) is 4.39 Å². The zero-order valence-electron chi connectivity index (χ0n) is 13.6. The molecule has 2 aromatic carbocycles. The third kappa shape index (κ3) is 2.53. The zero-order chi connectivity index (χ0) is 17.8. The van der Waals surface area contributed by atoms with E-state index in [0.717, 1.165) is 12.8 Å². The highest BCUT2D eigenvalue weighted by Gasteiger charge is 2.41. The van der Waals surface area contributed by atoms with E-state index in [9.17, 15) is 12.8 Å². The predicted octanol–water partition coefficient (Wildman–Crippen LogP) is 3.28. The van der Waals surface area contributed by atoms with E-state index in [0.29, 0.717) is 35.0 Å². The highest BCUT2D eigenvalue weighted by molar-refractivity contribution is 7.94. The number of rotatable bonds is 3. The van der Waals surface area contributed by atoms with Gasteiger partial charge in [-0.05, 0) is 54.7 Å². The largest absolute Gasteiger partial charge is 0.326 e. The van der Waals surface area contributed by atoms with Crippen molar-refractivity contribution >= 4 is 21.6 Å². The molecule has 4 rings (SSSR count). The van der Waals surface area contributed by atoms with Crippen LogP contribution in [0.15, 0.2) is 36.4 Å². The maximum atomic E-state index is 14.2. The molecule has 1 heterocycles. The van der Waals surface area contributed by atoms with Gasteiger partial charge in [-0.2, -0.15) is 13.7 Å². The summed E-state index contributed by atoms with van der Waals surface area (Å²) in [5.74, 6) is -0.0316. The van der Waals surface area contributed by atoms with E-state index in [2.05, 4.69) is 0 Å². The fourth-order valence-corrected chi connectivity index (χ4v) is 4.59. The first kappa shape index (κ1) is 15.9. The fraction of sp³-hybridized carbons (Fsp3) is 0.278. The van der Waals surface area contributed by atoms with E-state index in [-0.39, 0.29) is 5.56 Å². The van der Waals surface area contributed by atoms with Crippen LogP contribution in [0.25, 0.3) is 11.1 Å². The van der Waals surface area contributed by atoms with Crippen LogP contribution < -0.4 is 8.61 Å². The smallest absolute Gasteiger partial charge is 0.254 e. The van der Waals surface area contributed by atoms with Gasteiger partial charge < -0.3 is 0 Å². The molecule has 7 heteroatoms. The summed E-state index contributed by atoms with van der Waals surface area (Å²) in [5.41, 5.74) is 2.33. The molecule has 1 fully saturated rings. The molecule has 2 aliphatic rings. The molecule has 0 unspecified atom stereocenters. The molecule has 128 valence electrons. The highest BCUT2D eigenvalue weighted by atomic mass is 32.2. The van der Waals surface area contributed by atoms with Crippen LogP contribution in [0.1, 0.15) is 18.4 Å². The van der Waals surface area contributed by atoms with Gasteiger partial charge in [0.25, 0.3) is 0 Å². The van der Waals surface area contributed by atoms with Gasteiger partial charge in [0.2, 0.25) is 0 Å². The van der Waals surface area contributed by atoms with Gasteiger partial charge in [0.05, 0.1) is 23.0 Å². The molecule has 0 amide bonds. The molecular formula is C18H16FN3O2S. The van der Waals surface area contributed by atoms with Crippen LogP contribution in [0.2, 0.25) is 0 Å². The van der Waals surface area contributed by atoms with Gasteiger partial charge in [-0.1, -0.05) is 6.07 Å². The Morgan fingerprint density at radius 3 is 2.64 bits per heavy atom. The molecule has 1 aliphatic heterocycles. The summed E-state index contributed by atoms with van der Waals surface area (Å²) in [7, 11) is -2.07. The molecule has 0 spiro atoms. The Kier molecular flexibility index (Phi) is 3.48. The molecule has 0 bridgehead atoms. The van der Waals surface area contributed by atoms with Crippen molar-refractivity contribution in [1.82, 2.24) is 0 Å². The van der Waals surface area contributed by atoms with Crippen LogP contribution in [0, 0.1) is 23.1 Å². The maximum Gasteiger partial charge on any atom is 0.326 e. The van der Waals surface area contributed by atoms with Crippen LogP contribution in [-0.2, 0) is 10.2 Å². The minimum absolute atomic E-state index is 0.285. The monoisotopic (exact) mass is 357 g/mol. The van der Waals surface area contributed by atoms with Crippen LogP contribution >= 0.6 is 0 Å². The Balaban J connectivity index is 1.81. The number of anilines is 2. The second-order valence-corrected chi connectivity index (χ2v) is 8.34. The van der Waals surface area contributed by atoms with Crippen molar-refractivity contribution in [1.29, 1.82) is 5.26 Å². The molecule has 0 saturated heterocycles. The highest BCUT2D eigenvalue weighted by Crippen LogP contribution is 2.44. The first-order valence-corrected chi connectivity index (χ1v) is 9.42. The molecule has 0 radical (unpaired) electrons. The molecule has 0 atom stereocenters. The number of fused-ring (bicyclic) bond motifs is 1. The van der Waals surface area contributed by atoms with E-state index in [1.807, 2.05) is 6.07 Å². The van der Waals surface area contributed by atoms with Crippen molar-refractivity contribution in [3.05, 3.63) is 47.8 Å². The van der Waals surface area contributed by atoms with Gasteiger partial charge in [0.1, 0.15) is 5.82 Å².